The summed E-state index contributed by atoms with van der Waals surface area (Å²) in [5.41, 5.74) is 2.59. The van der Waals surface area contributed by atoms with Crippen molar-refractivity contribution >= 4 is 16.8 Å². The fourth-order valence-electron chi connectivity index (χ4n) is 2.79. The van der Waals surface area contributed by atoms with Gasteiger partial charge in [0, 0.05) is 19.5 Å². The first kappa shape index (κ1) is 18.7. The normalized spacial score (nSPS) is 11.1. The molecule has 27 heavy (non-hydrogen) atoms. The van der Waals surface area contributed by atoms with E-state index in [2.05, 4.69) is 32.7 Å². The maximum Gasteiger partial charge on any atom is 0.277 e. The molecule has 2 aromatic carbocycles. The smallest absolute Gasteiger partial charge is 0.277 e. The zero-order chi connectivity index (χ0) is 19.2. The molecule has 7 heteroatoms. The second kappa shape index (κ2) is 8.55. The van der Waals surface area contributed by atoms with Gasteiger partial charge in [-0.2, -0.15) is 0 Å². The lowest BCUT2D eigenvalue weighted by Crippen LogP contribution is -2.29. The standard InChI is InChI=1S/C20H23N5O2/c1-24(2)14-16-9-7-15(8-10-16)13-21-19(26)11-12-25-20(27)17-5-3-4-6-18(17)22-23-25/h3-10H,11-14H2,1-2H3,(H,21,26). The van der Waals surface area contributed by atoms with Crippen molar-refractivity contribution < 1.29 is 4.79 Å². The topological polar surface area (TPSA) is 80.1 Å². The van der Waals surface area contributed by atoms with Gasteiger partial charge in [0.2, 0.25) is 5.91 Å². The third kappa shape index (κ3) is 4.98. The molecule has 0 aliphatic carbocycles. The van der Waals surface area contributed by atoms with Crippen molar-refractivity contribution in [3.05, 3.63) is 70.0 Å². The van der Waals surface area contributed by atoms with Crippen molar-refractivity contribution in [2.75, 3.05) is 14.1 Å². The van der Waals surface area contributed by atoms with E-state index in [-0.39, 0.29) is 24.4 Å². The summed E-state index contributed by atoms with van der Waals surface area (Å²) < 4.78 is 1.23. The van der Waals surface area contributed by atoms with E-state index in [0.717, 1.165) is 12.1 Å². The monoisotopic (exact) mass is 365 g/mol. The number of fused-ring (bicyclic) bond motifs is 1. The van der Waals surface area contributed by atoms with Gasteiger partial charge in [-0.25, -0.2) is 4.68 Å². The van der Waals surface area contributed by atoms with Crippen molar-refractivity contribution in [3.63, 3.8) is 0 Å². The lowest BCUT2D eigenvalue weighted by molar-refractivity contribution is -0.121. The summed E-state index contributed by atoms with van der Waals surface area (Å²) in [6, 6.07) is 15.2. The van der Waals surface area contributed by atoms with Crippen LogP contribution in [-0.2, 0) is 24.4 Å². The SMILES string of the molecule is CN(C)Cc1ccc(CNC(=O)CCn2nnc3ccccc3c2=O)cc1. The van der Waals surface area contributed by atoms with Crippen molar-refractivity contribution in [1.82, 2.24) is 25.2 Å². The minimum Gasteiger partial charge on any atom is -0.352 e. The molecule has 3 aromatic rings. The number of benzene rings is 2. The molecule has 0 atom stereocenters. The molecule has 0 fully saturated rings. The first-order chi connectivity index (χ1) is 13.0. The average Bonchev–Trinajstić information content (AvgIpc) is 2.67. The Bertz CT molecular complexity index is 980. The molecule has 1 amide bonds. The number of aromatic nitrogens is 3. The van der Waals surface area contributed by atoms with E-state index in [1.165, 1.54) is 10.2 Å². The summed E-state index contributed by atoms with van der Waals surface area (Å²) in [7, 11) is 4.05. The number of carbonyl (C=O) groups is 1. The fraction of sp³-hybridized carbons (Fsp3) is 0.300. The van der Waals surface area contributed by atoms with Crippen LogP contribution in [0.1, 0.15) is 17.5 Å². The van der Waals surface area contributed by atoms with E-state index in [9.17, 15) is 9.59 Å². The number of hydrogen-bond donors (Lipinski definition) is 1. The van der Waals surface area contributed by atoms with Gasteiger partial charge in [-0.3, -0.25) is 9.59 Å². The van der Waals surface area contributed by atoms with Gasteiger partial charge < -0.3 is 10.2 Å². The van der Waals surface area contributed by atoms with Gasteiger partial charge in [0.05, 0.1) is 11.9 Å². The highest BCUT2D eigenvalue weighted by molar-refractivity contribution is 5.77. The molecule has 0 radical (unpaired) electrons. The summed E-state index contributed by atoms with van der Waals surface area (Å²) in [6.45, 7) is 1.54. The number of nitrogens with zero attached hydrogens (tertiary/aromatic N) is 4. The van der Waals surface area contributed by atoms with Crippen LogP contribution in [0.2, 0.25) is 0 Å². The summed E-state index contributed by atoms with van der Waals surface area (Å²) >= 11 is 0. The minimum absolute atomic E-state index is 0.130. The van der Waals surface area contributed by atoms with E-state index < -0.39 is 0 Å². The highest BCUT2D eigenvalue weighted by Crippen LogP contribution is 2.06. The highest BCUT2D eigenvalue weighted by Gasteiger charge is 2.07. The Hall–Kier alpha value is -3.06. The van der Waals surface area contributed by atoms with Crippen LogP contribution in [0, 0.1) is 0 Å². The van der Waals surface area contributed by atoms with E-state index in [1.54, 1.807) is 24.3 Å². The molecule has 0 saturated carbocycles. The van der Waals surface area contributed by atoms with Gasteiger partial charge in [0.1, 0.15) is 5.52 Å². The van der Waals surface area contributed by atoms with E-state index >= 15 is 0 Å². The first-order valence-electron chi connectivity index (χ1n) is 8.85. The Morgan fingerprint density at radius 3 is 2.52 bits per heavy atom. The molecule has 0 aliphatic rings. The zero-order valence-corrected chi connectivity index (χ0v) is 15.6. The van der Waals surface area contributed by atoms with Crippen LogP contribution in [0.25, 0.3) is 10.9 Å². The second-order valence-corrected chi connectivity index (χ2v) is 6.72. The van der Waals surface area contributed by atoms with E-state index in [1.807, 2.05) is 26.2 Å². The zero-order valence-electron chi connectivity index (χ0n) is 15.6. The highest BCUT2D eigenvalue weighted by atomic mass is 16.2. The van der Waals surface area contributed by atoms with Gasteiger partial charge in [-0.05, 0) is 37.4 Å². The maximum absolute atomic E-state index is 12.4. The molecule has 0 unspecified atom stereocenters. The number of rotatable bonds is 7. The largest absolute Gasteiger partial charge is 0.352 e. The predicted octanol–water partition coefficient (Wildman–Crippen LogP) is 1.56. The Balaban J connectivity index is 1.53. The number of amides is 1. The molecule has 0 saturated heterocycles. The number of carbonyl (C=O) groups excluding carboxylic acids is 1. The molecule has 140 valence electrons. The van der Waals surface area contributed by atoms with Crippen molar-refractivity contribution in [2.45, 2.75) is 26.1 Å². The number of hydrogen-bond acceptors (Lipinski definition) is 5. The Morgan fingerprint density at radius 1 is 1.07 bits per heavy atom. The van der Waals surface area contributed by atoms with Crippen LogP contribution in [-0.4, -0.2) is 39.9 Å². The Labute approximate surface area is 157 Å². The van der Waals surface area contributed by atoms with Crippen molar-refractivity contribution in [2.24, 2.45) is 0 Å². The predicted molar refractivity (Wildman–Crippen MR) is 104 cm³/mol. The van der Waals surface area contributed by atoms with Gasteiger partial charge >= 0.3 is 0 Å². The second-order valence-electron chi connectivity index (χ2n) is 6.72. The third-order valence-corrected chi connectivity index (χ3v) is 4.19. The van der Waals surface area contributed by atoms with E-state index in [0.29, 0.717) is 17.4 Å². The molecule has 0 aliphatic heterocycles. The Kier molecular flexibility index (Phi) is 5.93. The molecule has 0 spiro atoms. The van der Waals surface area contributed by atoms with Crippen LogP contribution in [0.3, 0.4) is 0 Å². The lowest BCUT2D eigenvalue weighted by Gasteiger charge is -2.10. The molecular formula is C20H23N5O2. The summed E-state index contributed by atoms with van der Waals surface area (Å²) in [5, 5.41) is 11.3. The number of nitrogens with one attached hydrogen (secondary N) is 1. The average molecular weight is 365 g/mol. The molecular weight excluding hydrogens is 342 g/mol. The van der Waals surface area contributed by atoms with Gasteiger partial charge in [0.15, 0.2) is 0 Å². The molecule has 1 aromatic heterocycles. The summed E-state index contributed by atoms with van der Waals surface area (Å²) in [4.78, 5) is 26.6. The van der Waals surface area contributed by atoms with Crippen LogP contribution in [0.4, 0.5) is 0 Å². The summed E-state index contributed by atoms with van der Waals surface area (Å²) in [6.07, 6.45) is 0.172. The van der Waals surface area contributed by atoms with E-state index in [4.69, 9.17) is 0 Å². The molecule has 0 bridgehead atoms. The lowest BCUT2D eigenvalue weighted by atomic mass is 10.1. The summed E-state index contributed by atoms with van der Waals surface area (Å²) in [5.74, 6) is -0.130. The van der Waals surface area contributed by atoms with Crippen LogP contribution in [0.5, 0.6) is 0 Å². The minimum atomic E-state index is -0.232. The van der Waals surface area contributed by atoms with Crippen LogP contribution < -0.4 is 10.9 Å². The quantitative estimate of drug-likeness (QED) is 0.687. The van der Waals surface area contributed by atoms with Gasteiger partial charge in [0.25, 0.3) is 5.56 Å². The third-order valence-electron chi connectivity index (χ3n) is 4.19. The van der Waals surface area contributed by atoms with Crippen molar-refractivity contribution in [3.8, 4) is 0 Å². The molecule has 7 nitrogen and oxygen atoms in total. The Morgan fingerprint density at radius 2 is 1.78 bits per heavy atom. The molecule has 3 rings (SSSR count). The first-order valence-corrected chi connectivity index (χ1v) is 8.85. The fourth-order valence-corrected chi connectivity index (χ4v) is 2.79. The van der Waals surface area contributed by atoms with Gasteiger partial charge in [-0.1, -0.05) is 41.6 Å². The number of aryl methyl sites for hydroxylation is 1. The van der Waals surface area contributed by atoms with Crippen LogP contribution >= 0.6 is 0 Å². The van der Waals surface area contributed by atoms with Crippen LogP contribution in [0.15, 0.2) is 53.3 Å². The maximum atomic E-state index is 12.4. The molecule has 1 N–H and O–H groups in total. The van der Waals surface area contributed by atoms with Crippen molar-refractivity contribution in [1.29, 1.82) is 0 Å². The van der Waals surface area contributed by atoms with Gasteiger partial charge in [-0.15, -0.1) is 5.10 Å². The molecule has 1 heterocycles.